The van der Waals surface area contributed by atoms with Gasteiger partial charge in [0, 0.05) is 25.4 Å². The molecule has 0 saturated carbocycles. The Labute approximate surface area is 142 Å². The summed E-state index contributed by atoms with van der Waals surface area (Å²) in [6, 6.07) is 16.0. The summed E-state index contributed by atoms with van der Waals surface area (Å²) in [5.41, 5.74) is 3.02. The summed E-state index contributed by atoms with van der Waals surface area (Å²) >= 11 is 0. The van der Waals surface area contributed by atoms with Crippen LogP contribution in [-0.4, -0.2) is 21.8 Å². The van der Waals surface area contributed by atoms with E-state index in [2.05, 4.69) is 17.2 Å². The van der Waals surface area contributed by atoms with Crippen LogP contribution in [0.4, 0.5) is 0 Å². The van der Waals surface area contributed by atoms with Crippen molar-refractivity contribution in [2.24, 2.45) is 0 Å². The van der Waals surface area contributed by atoms with Gasteiger partial charge in [-0.25, -0.2) is 4.98 Å². The van der Waals surface area contributed by atoms with E-state index in [0.717, 1.165) is 36.2 Å². The van der Waals surface area contributed by atoms with E-state index in [4.69, 9.17) is 0 Å². The highest BCUT2D eigenvalue weighted by atomic mass is 16.1. The third-order valence-electron chi connectivity index (χ3n) is 4.19. The van der Waals surface area contributed by atoms with Crippen molar-refractivity contribution in [1.82, 2.24) is 14.7 Å². The average Bonchev–Trinajstić information content (AvgIpc) is 3.03. The van der Waals surface area contributed by atoms with Gasteiger partial charge in [-0.15, -0.1) is 0 Å². The van der Waals surface area contributed by atoms with Crippen molar-refractivity contribution in [3.8, 4) is 0 Å². The first kappa shape index (κ1) is 16.2. The van der Waals surface area contributed by atoms with Crippen molar-refractivity contribution in [3.63, 3.8) is 0 Å². The van der Waals surface area contributed by atoms with Crippen LogP contribution in [0.1, 0.15) is 36.9 Å². The highest BCUT2D eigenvalue weighted by Crippen LogP contribution is 2.21. The SMILES string of the molecule is CCCC(C(=O)NCCc1cn2ccccc2n1)c1ccccc1. The number of nitrogens with one attached hydrogen (secondary N) is 1. The van der Waals surface area contributed by atoms with E-state index in [9.17, 15) is 4.79 Å². The Morgan fingerprint density at radius 1 is 1.17 bits per heavy atom. The molecule has 4 nitrogen and oxygen atoms in total. The maximum absolute atomic E-state index is 12.6. The minimum atomic E-state index is -0.0720. The summed E-state index contributed by atoms with van der Waals surface area (Å²) in [7, 11) is 0. The summed E-state index contributed by atoms with van der Waals surface area (Å²) in [5.74, 6) is 0.0316. The van der Waals surface area contributed by atoms with Crippen molar-refractivity contribution < 1.29 is 4.79 Å². The van der Waals surface area contributed by atoms with E-state index in [1.807, 2.05) is 65.3 Å². The predicted octanol–water partition coefficient (Wildman–Crippen LogP) is 3.58. The lowest BCUT2D eigenvalue weighted by atomic mass is 9.93. The second-order valence-corrected chi connectivity index (χ2v) is 5.99. The topological polar surface area (TPSA) is 46.4 Å². The number of carbonyl (C=O) groups excluding carboxylic acids is 1. The number of amides is 1. The highest BCUT2D eigenvalue weighted by molar-refractivity contribution is 5.83. The second-order valence-electron chi connectivity index (χ2n) is 5.99. The molecular weight excluding hydrogens is 298 g/mol. The number of hydrogen-bond acceptors (Lipinski definition) is 2. The fourth-order valence-electron chi connectivity index (χ4n) is 2.97. The maximum atomic E-state index is 12.6. The van der Waals surface area contributed by atoms with Crippen molar-refractivity contribution in [2.75, 3.05) is 6.54 Å². The molecule has 124 valence electrons. The van der Waals surface area contributed by atoms with E-state index < -0.39 is 0 Å². The van der Waals surface area contributed by atoms with Crippen molar-refractivity contribution in [3.05, 3.63) is 72.2 Å². The van der Waals surface area contributed by atoms with Gasteiger partial charge in [-0.2, -0.15) is 0 Å². The maximum Gasteiger partial charge on any atom is 0.227 e. The quantitative estimate of drug-likeness (QED) is 0.723. The van der Waals surface area contributed by atoms with Gasteiger partial charge >= 0.3 is 0 Å². The molecule has 0 aliphatic carbocycles. The molecule has 0 saturated heterocycles. The molecule has 0 bridgehead atoms. The van der Waals surface area contributed by atoms with E-state index in [0.29, 0.717) is 6.54 Å². The lowest BCUT2D eigenvalue weighted by Gasteiger charge is -2.16. The first-order chi connectivity index (χ1) is 11.8. The summed E-state index contributed by atoms with van der Waals surface area (Å²) in [4.78, 5) is 17.1. The minimum absolute atomic E-state index is 0.0720. The first-order valence-corrected chi connectivity index (χ1v) is 8.53. The van der Waals surface area contributed by atoms with Gasteiger partial charge in [0.1, 0.15) is 5.65 Å². The molecule has 4 heteroatoms. The van der Waals surface area contributed by atoms with Gasteiger partial charge < -0.3 is 9.72 Å². The van der Waals surface area contributed by atoms with Gasteiger partial charge in [0.2, 0.25) is 5.91 Å². The fraction of sp³-hybridized carbons (Fsp3) is 0.300. The van der Waals surface area contributed by atoms with Gasteiger partial charge in [0.05, 0.1) is 11.6 Å². The number of rotatable bonds is 7. The monoisotopic (exact) mass is 321 g/mol. The standard InChI is InChI=1S/C20H23N3O/c1-2-8-18(16-9-4-3-5-10-16)20(24)21-13-12-17-15-23-14-7-6-11-19(23)22-17/h3-7,9-11,14-15,18H,2,8,12-13H2,1H3,(H,21,24). The van der Waals surface area contributed by atoms with Crippen LogP contribution in [-0.2, 0) is 11.2 Å². The van der Waals surface area contributed by atoms with Crippen molar-refractivity contribution in [2.45, 2.75) is 32.1 Å². The summed E-state index contributed by atoms with van der Waals surface area (Å²) < 4.78 is 2.00. The van der Waals surface area contributed by atoms with Crippen molar-refractivity contribution >= 4 is 11.6 Å². The van der Waals surface area contributed by atoms with Crippen LogP contribution in [0.3, 0.4) is 0 Å². The Morgan fingerprint density at radius 3 is 2.71 bits per heavy atom. The zero-order valence-corrected chi connectivity index (χ0v) is 14.0. The molecule has 0 fully saturated rings. The second kappa shape index (κ2) is 7.77. The normalized spacial score (nSPS) is 12.2. The number of nitrogens with zero attached hydrogens (tertiary/aromatic N) is 2. The lowest BCUT2D eigenvalue weighted by molar-refractivity contribution is -0.122. The number of carbonyl (C=O) groups is 1. The van der Waals surface area contributed by atoms with Gasteiger partial charge in [-0.1, -0.05) is 49.7 Å². The zero-order chi connectivity index (χ0) is 16.8. The molecule has 0 aliphatic rings. The third kappa shape index (κ3) is 3.82. The molecule has 0 radical (unpaired) electrons. The lowest BCUT2D eigenvalue weighted by Crippen LogP contribution is -2.31. The van der Waals surface area contributed by atoms with Crippen LogP contribution in [0.15, 0.2) is 60.9 Å². The van der Waals surface area contributed by atoms with Gasteiger partial charge in [-0.05, 0) is 24.1 Å². The Balaban J connectivity index is 1.59. The smallest absolute Gasteiger partial charge is 0.227 e. The molecule has 1 aromatic carbocycles. The van der Waals surface area contributed by atoms with Crippen LogP contribution in [0.25, 0.3) is 5.65 Å². The molecule has 3 rings (SSSR count). The zero-order valence-electron chi connectivity index (χ0n) is 14.0. The number of pyridine rings is 1. The van der Waals surface area contributed by atoms with Gasteiger partial charge in [-0.3, -0.25) is 4.79 Å². The Morgan fingerprint density at radius 2 is 1.96 bits per heavy atom. The summed E-state index contributed by atoms with van der Waals surface area (Å²) in [5, 5.41) is 3.07. The van der Waals surface area contributed by atoms with E-state index >= 15 is 0 Å². The summed E-state index contributed by atoms with van der Waals surface area (Å²) in [6.07, 6.45) is 6.59. The molecule has 24 heavy (non-hydrogen) atoms. The summed E-state index contributed by atoms with van der Waals surface area (Å²) in [6.45, 7) is 2.72. The molecule has 1 unspecified atom stereocenters. The molecule has 2 heterocycles. The predicted molar refractivity (Wildman–Crippen MR) is 96.0 cm³/mol. The number of benzene rings is 1. The molecule has 0 spiro atoms. The number of imidazole rings is 1. The molecule has 2 aromatic heterocycles. The van der Waals surface area contributed by atoms with E-state index in [-0.39, 0.29) is 11.8 Å². The van der Waals surface area contributed by atoms with Crippen LogP contribution < -0.4 is 5.32 Å². The van der Waals surface area contributed by atoms with E-state index in [1.165, 1.54) is 0 Å². The largest absolute Gasteiger partial charge is 0.355 e. The third-order valence-corrected chi connectivity index (χ3v) is 4.19. The number of aromatic nitrogens is 2. The molecular formula is C20H23N3O. The van der Waals surface area contributed by atoms with Crippen LogP contribution in [0.5, 0.6) is 0 Å². The molecule has 1 N–H and O–H groups in total. The van der Waals surface area contributed by atoms with E-state index in [1.54, 1.807) is 0 Å². The molecule has 3 aromatic rings. The Hall–Kier alpha value is -2.62. The minimum Gasteiger partial charge on any atom is -0.355 e. The Kier molecular flexibility index (Phi) is 5.26. The van der Waals surface area contributed by atoms with Crippen molar-refractivity contribution in [1.29, 1.82) is 0 Å². The molecule has 1 amide bonds. The van der Waals surface area contributed by atoms with Crippen LogP contribution >= 0.6 is 0 Å². The average molecular weight is 321 g/mol. The first-order valence-electron chi connectivity index (χ1n) is 8.53. The molecule has 0 aliphatic heterocycles. The fourth-order valence-corrected chi connectivity index (χ4v) is 2.97. The molecule has 1 atom stereocenters. The van der Waals surface area contributed by atoms with Crippen LogP contribution in [0.2, 0.25) is 0 Å². The van der Waals surface area contributed by atoms with Gasteiger partial charge in [0.25, 0.3) is 0 Å². The number of hydrogen-bond donors (Lipinski definition) is 1. The number of fused-ring (bicyclic) bond motifs is 1. The highest BCUT2D eigenvalue weighted by Gasteiger charge is 2.19. The Bertz CT molecular complexity index is 762. The van der Waals surface area contributed by atoms with Gasteiger partial charge in [0.15, 0.2) is 0 Å². The van der Waals surface area contributed by atoms with Crippen LogP contribution in [0, 0.1) is 0 Å².